The molecule has 0 saturated carbocycles. The third-order valence-electron chi connectivity index (χ3n) is 4.11. The lowest BCUT2D eigenvalue weighted by molar-refractivity contribution is -0.117. The first kappa shape index (κ1) is 17.3. The van der Waals surface area contributed by atoms with Crippen LogP contribution in [-0.2, 0) is 4.79 Å². The third-order valence-corrected chi connectivity index (χ3v) is 4.11. The second-order valence-electron chi connectivity index (χ2n) is 6.38. The van der Waals surface area contributed by atoms with Gasteiger partial charge in [0.05, 0.1) is 6.04 Å². The number of likely N-dealkylation sites (N-methyl/N-ethyl adjacent to an activating group) is 1. The molecule has 1 aliphatic heterocycles. The number of anilines is 1. The number of carbonyl (C=O) groups is 2. The molecule has 0 radical (unpaired) electrons. The van der Waals surface area contributed by atoms with Gasteiger partial charge in [0.15, 0.2) is 0 Å². The Hall–Kier alpha value is -2.08. The fraction of sp³-hybridized carbons (Fsp3) is 0.529. The van der Waals surface area contributed by atoms with E-state index in [-0.39, 0.29) is 18.0 Å². The smallest absolute Gasteiger partial charge is 0.315 e. The number of nitrogens with one attached hydrogen (secondary N) is 2. The molecule has 23 heavy (non-hydrogen) atoms. The number of carbonyl (C=O) groups excluding carboxylic acids is 2. The number of urea groups is 1. The summed E-state index contributed by atoms with van der Waals surface area (Å²) in [5, 5.41) is 5.68. The fourth-order valence-electron chi connectivity index (χ4n) is 2.58. The van der Waals surface area contributed by atoms with Crippen LogP contribution >= 0.6 is 0 Å². The highest BCUT2D eigenvalue weighted by molar-refractivity contribution is 5.96. The van der Waals surface area contributed by atoms with Crippen molar-refractivity contribution < 1.29 is 9.59 Å². The van der Waals surface area contributed by atoms with Gasteiger partial charge < -0.3 is 20.4 Å². The van der Waals surface area contributed by atoms with Crippen molar-refractivity contribution in [2.24, 2.45) is 0 Å². The quantitative estimate of drug-likeness (QED) is 0.859. The van der Waals surface area contributed by atoms with Crippen LogP contribution in [0.4, 0.5) is 10.5 Å². The first-order valence-electron chi connectivity index (χ1n) is 7.93. The minimum Gasteiger partial charge on any atom is -0.337 e. The molecule has 1 fully saturated rings. The summed E-state index contributed by atoms with van der Waals surface area (Å²) in [4.78, 5) is 27.8. The maximum Gasteiger partial charge on any atom is 0.315 e. The van der Waals surface area contributed by atoms with Crippen LogP contribution in [0.25, 0.3) is 0 Å². The zero-order valence-electron chi connectivity index (χ0n) is 14.3. The maximum atomic E-state index is 12.2. The highest BCUT2D eigenvalue weighted by Gasteiger charge is 2.31. The van der Waals surface area contributed by atoms with E-state index in [9.17, 15) is 9.59 Å². The summed E-state index contributed by atoms with van der Waals surface area (Å²) < 4.78 is 0. The van der Waals surface area contributed by atoms with E-state index >= 15 is 0 Å². The number of rotatable bonds is 5. The predicted octanol–water partition coefficient (Wildman–Crippen LogP) is 1.27. The molecule has 1 heterocycles. The van der Waals surface area contributed by atoms with Crippen molar-refractivity contribution in [3.05, 3.63) is 29.3 Å². The number of hydrogen-bond donors (Lipinski definition) is 2. The Morgan fingerprint density at radius 1 is 1.30 bits per heavy atom. The van der Waals surface area contributed by atoms with E-state index in [1.807, 2.05) is 51.0 Å². The molecule has 0 spiro atoms. The SMILES string of the molecule is Cc1ccc(N2C[C@H](NC(=O)NCCN(C)C)CC2=O)cc1C. The largest absolute Gasteiger partial charge is 0.337 e. The van der Waals surface area contributed by atoms with Crippen LogP contribution in [0.5, 0.6) is 0 Å². The van der Waals surface area contributed by atoms with Crippen molar-refractivity contribution in [3.8, 4) is 0 Å². The molecule has 0 aliphatic carbocycles. The lowest BCUT2D eigenvalue weighted by Gasteiger charge is -2.18. The summed E-state index contributed by atoms with van der Waals surface area (Å²) in [6.45, 7) is 5.97. The van der Waals surface area contributed by atoms with Crippen LogP contribution in [0.2, 0.25) is 0 Å². The second-order valence-corrected chi connectivity index (χ2v) is 6.38. The normalized spacial score (nSPS) is 17.7. The van der Waals surface area contributed by atoms with Gasteiger partial charge in [0.25, 0.3) is 0 Å². The minimum absolute atomic E-state index is 0.0480. The topological polar surface area (TPSA) is 64.7 Å². The zero-order valence-corrected chi connectivity index (χ0v) is 14.3. The molecule has 1 aromatic rings. The van der Waals surface area contributed by atoms with Gasteiger partial charge in [0.2, 0.25) is 5.91 Å². The molecule has 126 valence electrons. The predicted molar refractivity (Wildman–Crippen MR) is 91.8 cm³/mol. The Morgan fingerprint density at radius 2 is 2.04 bits per heavy atom. The summed E-state index contributed by atoms with van der Waals surface area (Å²) in [6.07, 6.45) is 0.341. The third kappa shape index (κ3) is 4.69. The van der Waals surface area contributed by atoms with Crippen molar-refractivity contribution in [2.75, 3.05) is 38.6 Å². The monoisotopic (exact) mass is 318 g/mol. The van der Waals surface area contributed by atoms with E-state index < -0.39 is 0 Å². The molecule has 1 aliphatic rings. The molecular weight excluding hydrogens is 292 g/mol. The Balaban J connectivity index is 1.89. The van der Waals surface area contributed by atoms with Crippen LogP contribution in [0.3, 0.4) is 0 Å². The molecule has 0 aromatic heterocycles. The van der Waals surface area contributed by atoms with Gasteiger partial charge in [0, 0.05) is 31.7 Å². The molecule has 3 amide bonds. The van der Waals surface area contributed by atoms with Gasteiger partial charge in [-0.1, -0.05) is 6.07 Å². The Labute approximate surface area is 137 Å². The van der Waals surface area contributed by atoms with Crippen LogP contribution in [-0.4, -0.2) is 56.6 Å². The first-order valence-corrected chi connectivity index (χ1v) is 7.93. The van der Waals surface area contributed by atoms with E-state index in [1.165, 1.54) is 5.56 Å². The molecule has 0 unspecified atom stereocenters. The van der Waals surface area contributed by atoms with Gasteiger partial charge >= 0.3 is 6.03 Å². The van der Waals surface area contributed by atoms with E-state index in [0.29, 0.717) is 19.5 Å². The van der Waals surface area contributed by atoms with Crippen molar-refractivity contribution in [2.45, 2.75) is 26.3 Å². The number of hydrogen-bond acceptors (Lipinski definition) is 3. The molecule has 2 N–H and O–H groups in total. The molecule has 1 saturated heterocycles. The average molecular weight is 318 g/mol. The highest BCUT2D eigenvalue weighted by Crippen LogP contribution is 2.23. The first-order chi connectivity index (χ1) is 10.9. The van der Waals surface area contributed by atoms with Crippen LogP contribution in [0.1, 0.15) is 17.5 Å². The van der Waals surface area contributed by atoms with Gasteiger partial charge in [-0.25, -0.2) is 4.79 Å². The second kappa shape index (κ2) is 7.46. The van der Waals surface area contributed by atoms with Gasteiger partial charge in [-0.05, 0) is 51.2 Å². The summed E-state index contributed by atoms with van der Waals surface area (Å²) in [5.74, 6) is 0.0480. The molecule has 6 heteroatoms. The molecular formula is C17H26N4O2. The molecule has 0 bridgehead atoms. The lowest BCUT2D eigenvalue weighted by atomic mass is 10.1. The highest BCUT2D eigenvalue weighted by atomic mass is 16.2. The van der Waals surface area contributed by atoms with Crippen molar-refractivity contribution in [1.29, 1.82) is 0 Å². The van der Waals surface area contributed by atoms with Gasteiger partial charge in [0.1, 0.15) is 0 Å². The average Bonchev–Trinajstić information content (AvgIpc) is 2.82. The molecule has 2 rings (SSSR count). The van der Waals surface area contributed by atoms with Crippen molar-refractivity contribution in [1.82, 2.24) is 15.5 Å². The van der Waals surface area contributed by atoms with E-state index in [0.717, 1.165) is 17.8 Å². The van der Waals surface area contributed by atoms with E-state index in [1.54, 1.807) is 4.90 Å². The summed E-state index contributed by atoms with van der Waals surface area (Å²) in [5.41, 5.74) is 3.26. The Bertz CT molecular complexity index is 586. The Morgan fingerprint density at radius 3 is 2.70 bits per heavy atom. The standard InChI is InChI=1S/C17H26N4O2/c1-12-5-6-15(9-13(12)2)21-11-14(10-16(21)22)19-17(23)18-7-8-20(3)4/h5-6,9,14H,7-8,10-11H2,1-4H3,(H2,18,19,23)/t14-/m1/s1. The number of amides is 3. The van der Waals surface area contributed by atoms with Gasteiger partial charge in [-0.15, -0.1) is 0 Å². The zero-order chi connectivity index (χ0) is 17.0. The molecule has 1 aromatic carbocycles. The van der Waals surface area contributed by atoms with Crippen LogP contribution < -0.4 is 15.5 Å². The number of benzene rings is 1. The van der Waals surface area contributed by atoms with Gasteiger partial charge in [-0.3, -0.25) is 4.79 Å². The van der Waals surface area contributed by atoms with E-state index in [4.69, 9.17) is 0 Å². The van der Waals surface area contributed by atoms with Crippen molar-refractivity contribution >= 4 is 17.6 Å². The Kier molecular flexibility index (Phi) is 5.60. The maximum absolute atomic E-state index is 12.2. The number of aryl methyl sites for hydroxylation is 2. The fourth-order valence-corrected chi connectivity index (χ4v) is 2.58. The molecule has 1 atom stereocenters. The lowest BCUT2D eigenvalue weighted by Crippen LogP contribution is -2.45. The van der Waals surface area contributed by atoms with E-state index in [2.05, 4.69) is 10.6 Å². The van der Waals surface area contributed by atoms with Crippen LogP contribution in [0, 0.1) is 13.8 Å². The number of nitrogens with zero attached hydrogens (tertiary/aromatic N) is 2. The molecule has 6 nitrogen and oxygen atoms in total. The summed E-state index contributed by atoms with van der Waals surface area (Å²) >= 11 is 0. The minimum atomic E-state index is -0.216. The van der Waals surface area contributed by atoms with Crippen molar-refractivity contribution in [3.63, 3.8) is 0 Å². The summed E-state index contributed by atoms with van der Waals surface area (Å²) in [6, 6.07) is 5.63. The summed E-state index contributed by atoms with van der Waals surface area (Å²) in [7, 11) is 3.91. The van der Waals surface area contributed by atoms with Gasteiger partial charge in [-0.2, -0.15) is 0 Å². The van der Waals surface area contributed by atoms with Crippen LogP contribution in [0.15, 0.2) is 18.2 Å².